The van der Waals surface area contributed by atoms with Crippen LogP contribution in [-0.4, -0.2) is 23.9 Å². The summed E-state index contributed by atoms with van der Waals surface area (Å²) >= 11 is 0. The maximum absolute atomic E-state index is 4.22. The molecule has 5 aromatic rings. The minimum absolute atomic E-state index is 0.192. The number of rotatable bonds is 11. The molecule has 2 aliphatic rings. The van der Waals surface area contributed by atoms with Gasteiger partial charge in [0.2, 0.25) is 5.69 Å². The van der Waals surface area contributed by atoms with Gasteiger partial charge in [-0.1, -0.05) is 135 Å². The van der Waals surface area contributed by atoms with Crippen molar-refractivity contribution in [1.29, 1.82) is 0 Å². The van der Waals surface area contributed by atoms with E-state index in [0.29, 0.717) is 5.92 Å². The molecule has 2 heteroatoms. The molecule has 0 aliphatic carbocycles. The summed E-state index contributed by atoms with van der Waals surface area (Å²) in [5.74, 6) is 0.609. The van der Waals surface area contributed by atoms with Crippen LogP contribution in [0.2, 0.25) is 0 Å². The molecule has 1 unspecified atom stereocenters. The second kappa shape index (κ2) is 13.5. The molecule has 0 amide bonds. The molecule has 0 aromatic heterocycles. The molecular weight excluding hydrogens is 593 g/mol. The maximum atomic E-state index is 4.22. The Balaban J connectivity index is 1.41. The Morgan fingerprint density at radius 3 is 2.08 bits per heavy atom. The van der Waals surface area contributed by atoms with Gasteiger partial charge in [0.25, 0.3) is 0 Å². The Morgan fingerprint density at radius 2 is 1.41 bits per heavy atom. The van der Waals surface area contributed by atoms with Crippen molar-refractivity contribution in [2.24, 2.45) is 5.92 Å². The fourth-order valence-electron chi connectivity index (χ4n) is 8.61. The first-order valence-electron chi connectivity index (χ1n) is 17.9. The van der Waals surface area contributed by atoms with Gasteiger partial charge >= 0.3 is 0 Å². The van der Waals surface area contributed by atoms with Crippen LogP contribution in [0.25, 0.3) is 10.8 Å². The number of benzene rings is 5. The van der Waals surface area contributed by atoms with Crippen LogP contribution in [-0.2, 0) is 23.7 Å². The topological polar surface area (TPSA) is 6.25 Å². The minimum atomic E-state index is -0.226. The summed E-state index contributed by atoms with van der Waals surface area (Å²) in [6.07, 6.45) is 13.1. The van der Waals surface area contributed by atoms with E-state index in [9.17, 15) is 0 Å². The largest absolute Gasteiger partial charge is 0.347 e. The summed E-state index contributed by atoms with van der Waals surface area (Å²) in [4.78, 5) is 2.40. The molecule has 49 heavy (non-hydrogen) atoms. The average molecular weight is 642 g/mol. The normalized spacial score (nSPS) is 19.0. The van der Waals surface area contributed by atoms with Gasteiger partial charge in [-0.3, -0.25) is 0 Å². The van der Waals surface area contributed by atoms with Crippen molar-refractivity contribution in [2.45, 2.75) is 57.3 Å². The van der Waals surface area contributed by atoms with Gasteiger partial charge in [-0.05, 0) is 71.7 Å². The summed E-state index contributed by atoms with van der Waals surface area (Å²) in [7, 11) is 2.23. The molecule has 5 aromatic carbocycles. The van der Waals surface area contributed by atoms with Crippen LogP contribution in [0.5, 0.6) is 0 Å². The summed E-state index contributed by atoms with van der Waals surface area (Å²) in [5, 5.41) is 2.61. The van der Waals surface area contributed by atoms with Gasteiger partial charge in [0.05, 0.1) is 5.41 Å². The lowest BCUT2D eigenvalue weighted by atomic mass is 9.69. The van der Waals surface area contributed by atoms with Gasteiger partial charge in [0, 0.05) is 48.0 Å². The predicted octanol–water partition coefficient (Wildman–Crippen LogP) is 11.1. The number of hydrogen-bond donors (Lipinski definition) is 0. The minimum Gasteiger partial charge on any atom is -0.347 e. The van der Waals surface area contributed by atoms with E-state index in [4.69, 9.17) is 0 Å². The molecule has 246 valence electrons. The molecule has 2 heterocycles. The fourth-order valence-corrected chi connectivity index (χ4v) is 8.61. The number of anilines is 1. The SMILES string of the molecule is C=CCC1(C)/C(=C\C=C\C2=[N+](CCC(C)C)c3ccccc3C2(Cc2ccccc2)Cc2ccccc2)N(C)c2ccc3ccccc3c21. The summed E-state index contributed by atoms with van der Waals surface area (Å²) in [6.45, 7) is 12.3. The van der Waals surface area contributed by atoms with E-state index in [-0.39, 0.29) is 10.8 Å². The Kier molecular flexibility index (Phi) is 8.99. The number of allylic oxidation sites excluding steroid dienone is 5. The van der Waals surface area contributed by atoms with Crippen LogP contribution in [0, 0.1) is 5.92 Å². The second-order valence-electron chi connectivity index (χ2n) is 14.6. The van der Waals surface area contributed by atoms with E-state index in [1.807, 2.05) is 0 Å². The van der Waals surface area contributed by atoms with Crippen LogP contribution in [0.4, 0.5) is 11.4 Å². The lowest BCUT2D eigenvalue weighted by Crippen LogP contribution is -2.39. The lowest BCUT2D eigenvalue weighted by molar-refractivity contribution is -0.439. The van der Waals surface area contributed by atoms with E-state index in [1.165, 1.54) is 55.8 Å². The quantitative estimate of drug-likeness (QED) is 0.103. The monoisotopic (exact) mass is 641 g/mol. The highest BCUT2D eigenvalue weighted by Crippen LogP contribution is 2.52. The van der Waals surface area contributed by atoms with E-state index in [0.717, 1.165) is 32.2 Å². The Hall–Kier alpha value is -4.95. The number of likely N-dealkylation sites (N-methyl/N-ethyl adjacent to an activating group) is 1. The number of fused-ring (bicyclic) bond motifs is 4. The van der Waals surface area contributed by atoms with Gasteiger partial charge in [0.1, 0.15) is 6.54 Å². The van der Waals surface area contributed by atoms with Crippen LogP contribution in [0.3, 0.4) is 0 Å². The summed E-state index contributed by atoms with van der Waals surface area (Å²) in [6, 6.07) is 44.7. The van der Waals surface area contributed by atoms with Gasteiger partial charge in [0.15, 0.2) is 5.71 Å². The second-order valence-corrected chi connectivity index (χ2v) is 14.6. The van der Waals surface area contributed by atoms with Crippen LogP contribution < -0.4 is 4.90 Å². The molecule has 1 atom stereocenters. The predicted molar refractivity (Wildman–Crippen MR) is 209 cm³/mol. The first-order valence-corrected chi connectivity index (χ1v) is 17.9. The third-order valence-electron chi connectivity index (χ3n) is 10.9. The molecule has 0 spiro atoms. The first-order chi connectivity index (χ1) is 23.9. The van der Waals surface area contributed by atoms with Crippen molar-refractivity contribution in [1.82, 2.24) is 0 Å². The van der Waals surface area contributed by atoms with Crippen LogP contribution in [0.15, 0.2) is 158 Å². The van der Waals surface area contributed by atoms with Crippen LogP contribution in [0.1, 0.15) is 55.9 Å². The zero-order valence-corrected chi connectivity index (χ0v) is 29.6. The smallest absolute Gasteiger partial charge is 0.209 e. The molecule has 2 aliphatic heterocycles. The van der Waals surface area contributed by atoms with Gasteiger partial charge in [-0.15, -0.1) is 6.58 Å². The highest BCUT2D eigenvalue weighted by atomic mass is 15.2. The van der Waals surface area contributed by atoms with Crippen molar-refractivity contribution < 1.29 is 4.58 Å². The Bertz CT molecular complexity index is 2020. The summed E-state index contributed by atoms with van der Waals surface area (Å²) < 4.78 is 2.64. The third-order valence-corrected chi connectivity index (χ3v) is 10.9. The molecule has 0 saturated carbocycles. The highest BCUT2D eigenvalue weighted by Gasteiger charge is 2.51. The van der Waals surface area contributed by atoms with Crippen molar-refractivity contribution in [3.8, 4) is 0 Å². The zero-order chi connectivity index (χ0) is 34.0. The average Bonchev–Trinajstić information content (AvgIpc) is 3.49. The zero-order valence-electron chi connectivity index (χ0n) is 29.6. The van der Waals surface area contributed by atoms with Gasteiger partial charge < -0.3 is 4.90 Å². The first kappa shape index (κ1) is 32.6. The van der Waals surface area contributed by atoms with Crippen LogP contribution >= 0.6 is 0 Å². The van der Waals surface area contributed by atoms with Crippen molar-refractivity contribution in [3.63, 3.8) is 0 Å². The standard InChI is InChI=1S/C47H49N2/c1-6-31-46(4)43(48(5)42-29-28-38-22-13-14-23-39(38)45(42)46)26-17-27-44-47(33-36-18-9-7-10-19-36,34-37-20-11-8-12-21-37)40-24-15-16-25-41(40)49(44)32-30-35(2)3/h6-29,35H,1,30-34H2,2-5H3/q+1. The molecule has 7 rings (SSSR count). The van der Waals surface area contributed by atoms with E-state index >= 15 is 0 Å². The molecule has 0 N–H and O–H groups in total. The Labute approximate surface area is 293 Å². The molecule has 0 saturated heterocycles. The summed E-state index contributed by atoms with van der Waals surface area (Å²) in [5.41, 5.74) is 10.4. The number of nitrogens with zero attached hydrogens (tertiary/aromatic N) is 2. The van der Waals surface area contributed by atoms with Gasteiger partial charge in [-0.25, -0.2) is 0 Å². The highest BCUT2D eigenvalue weighted by molar-refractivity contribution is 6.04. The lowest BCUT2D eigenvalue weighted by Gasteiger charge is -2.29. The third kappa shape index (κ3) is 5.88. The molecule has 0 bridgehead atoms. The van der Waals surface area contributed by atoms with Crippen molar-refractivity contribution >= 4 is 27.9 Å². The molecular formula is C47H49N2+. The molecule has 0 radical (unpaired) electrons. The number of para-hydroxylation sites is 1. The number of hydrogen-bond acceptors (Lipinski definition) is 1. The van der Waals surface area contributed by atoms with E-state index in [1.54, 1.807) is 0 Å². The molecule has 2 nitrogen and oxygen atoms in total. The van der Waals surface area contributed by atoms with Crippen molar-refractivity contribution in [3.05, 3.63) is 180 Å². The molecule has 0 fully saturated rings. The van der Waals surface area contributed by atoms with E-state index < -0.39 is 0 Å². The fraction of sp³-hybridized carbons (Fsp3) is 0.255. The Morgan fingerprint density at radius 1 is 0.776 bits per heavy atom. The van der Waals surface area contributed by atoms with Gasteiger partial charge in [-0.2, -0.15) is 4.58 Å². The van der Waals surface area contributed by atoms with E-state index in [2.05, 4.69) is 190 Å². The van der Waals surface area contributed by atoms with Crippen molar-refractivity contribution in [2.75, 3.05) is 18.5 Å². The maximum Gasteiger partial charge on any atom is 0.209 e.